The van der Waals surface area contributed by atoms with Gasteiger partial charge in [-0.05, 0) is 38.1 Å². The van der Waals surface area contributed by atoms with Crippen molar-refractivity contribution >= 4 is 40.8 Å². The number of anilines is 5. The number of hydrogen-bond donors (Lipinski definition) is 4. The van der Waals surface area contributed by atoms with Crippen LogP contribution in [0.3, 0.4) is 0 Å². The van der Waals surface area contributed by atoms with Crippen LogP contribution in [0.15, 0.2) is 55.3 Å². The van der Waals surface area contributed by atoms with Crippen LogP contribution in [0.4, 0.5) is 29.0 Å². The number of ether oxygens (including phenoxy) is 1. The summed E-state index contributed by atoms with van der Waals surface area (Å²) < 4.78 is 6.07. The van der Waals surface area contributed by atoms with E-state index < -0.39 is 5.60 Å². The highest BCUT2D eigenvalue weighted by molar-refractivity contribution is 5.99. The third-order valence-corrected chi connectivity index (χ3v) is 6.95. The Balaban J connectivity index is 1.39. The highest BCUT2D eigenvalue weighted by Gasteiger charge is 2.33. The Hall–Kier alpha value is -4.71. The first-order valence-corrected chi connectivity index (χ1v) is 13.4. The zero-order chi connectivity index (χ0) is 29.1. The molecule has 1 fully saturated rings. The molecule has 2 aliphatic heterocycles. The maximum atomic E-state index is 12.8. The Morgan fingerprint density at radius 2 is 2.02 bits per heavy atom. The molecule has 0 spiro atoms. The zero-order valence-corrected chi connectivity index (χ0v) is 23.3. The minimum atomic E-state index is -1.14. The standard InChI is InChI=1S/C29H34N8O4/c1-5-11-30-27(39)21-15-31-28(35-26(21)34-25-8-6-7-24(33-25)29(3,4)40)32-19-9-10-22-23(14-19)41-17-20-16-36(18(2)38)12-13-37(20)22/h5-10,14-15,20,40H,1,11-13,16-17H2,2-4H3,(H,30,39)(H2,31,32,33,34,35). The number of fused-ring (bicyclic) bond motifs is 3. The number of aromatic nitrogens is 3. The number of nitrogens with zero attached hydrogens (tertiary/aromatic N) is 5. The van der Waals surface area contributed by atoms with Crippen molar-refractivity contribution in [2.24, 2.45) is 0 Å². The zero-order valence-electron chi connectivity index (χ0n) is 23.3. The molecule has 5 rings (SSSR count). The quantitative estimate of drug-likeness (QED) is 0.305. The summed E-state index contributed by atoms with van der Waals surface area (Å²) >= 11 is 0. The fourth-order valence-corrected chi connectivity index (χ4v) is 4.79. The lowest BCUT2D eigenvalue weighted by Crippen LogP contribution is -2.58. The second-order valence-electron chi connectivity index (χ2n) is 10.5. The van der Waals surface area contributed by atoms with Crippen molar-refractivity contribution in [2.45, 2.75) is 32.4 Å². The number of pyridine rings is 1. The number of aliphatic hydroxyl groups is 1. The van der Waals surface area contributed by atoms with Gasteiger partial charge in [-0.1, -0.05) is 12.1 Å². The summed E-state index contributed by atoms with van der Waals surface area (Å²) in [6, 6.07) is 11.1. The summed E-state index contributed by atoms with van der Waals surface area (Å²) in [5, 5.41) is 19.4. The minimum Gasteiger partial charge on any atom is -0.489 e. The van der Waals surface area contributed by atoms with Crippen molar-refractivity contribution < 1.29 is 19.4 Å². The molecule has 4 heterocycles. The van der Waals surface area contributed by atoms with Gasteiger partial charge in [-0.25, -0.2) is 9.97 Å². The Morgan fingerprint density at radius 3 is 2.78 bits per heavy atom. The molecule has 2 amide bonds. The number of rotatable bonds is 8. The van der Waals surface area contributed by atoms with Gasteiger partial charge in [0.1, 0.15) is 35.2 Å². The number of piperazine rings is 1. The van der Waals surface area contributed by atoms with Crippen LogP contribution < -0.4 is 25.6 Å². The van der Waals surface area contributed by atoms with Gasteiger partial charge in [0.2, 0.25) is 11.9 Å². The molecule has 4 N–H and O–H groups in total. The van der Waals surface area contributed by atoms with E-state index in [-0.39, 0.29) is 41.7 Å². The van der Waals surface area contributed by atoms with Gasteiger partial charge in [0.05, 0.1) is 17.4 Å². The lowest BCUT2D eigenvalue weighted by atomic mass is 10.1. The van der Waals surface area contributed by atoms with E-state index in [1.807, 2.05) is 23.1 Å². The second-order valence-corrected chi connectivity index (χ2v) is 10.5. The molecule has 1 saturated heterocycles. The van der Waals surface area contributed by atoms with E-state index in [9.17, 15) is 14.7 Å². The van der Waals surface area contributed by atoms with Gasteiger partial charge in [0.25, 0.3) is 5.91 Å². The first-order valence-electron chi connectivity index (χ1n) is 13.4. The molecular formula is C29H34N8O4. The van der Waals surface area contributed by atoms with Crippen LogP contribution in [-0.4, -0.2) is 75.6 Å². The Bertz CT molecular complexity index is 1470. The van der Waals surface area contributed by atoms with Crippen molar-refractivity contribution in [3.63, 3.8) is 0 Å². The number of nitrogens with one attached hydrogen (secondary N) is 3. The molecule has 214 valence electrons. The van der Waals surface area contributed by atoms with Crippen LogP contribution in [0.1, 0.15) is 36.8 Å². The molecule has 0 radical (unpaired) electrons. The van der Waals surface area contributed by atoms with Crippen LogP contribution in [0.2, 0.25) is 0 Å². The molecule has 0 saturated carbocycles. The summed E-state index contributed by atoms with van der Waals surface area (Å²) in [7, 11) is 0. The van der Waals surface area contributed by atoms with Crippen molar-refractivity contribution in [2.75, 3.05) is 48.3 Å². The number of carbonyl (C=O) groups excluding carboxylic acids is 2. The van der Waals surface area contributed by atoms with E-state index in [0.717, 1.165) is 18.0 Å². The predicted octanol–water partition coefficient (Wildman–Crippen LogP) is 2.93. The highest BCUT2D eigenvalue weighted by Crippen LogP contribution is 2.38. The summed E-state index contributed by atoms with van der Waals surface area (Å²) in [4.78, 5) is 42.2. The van der Waals surface area contributed by atoms with E-state index in [1.54, 1.807) is 45.0 Å². The normalized spacial score (nSPS) is 16.1. The summed E-state index contributed by atoms with van der Waals surface area (Å²) in [6.07, 6.45) is 3.02. The third-order valence-electron chi connectivity index (χ3n) is 6.95. The lowest BCUT2D eigenvalue weighted by Gasteiger charge is -2.45. The maximum Gasteiger partial charge on any atom is 0.256 e. The lowest BCUT2D eigenvalue weighted by molar-refractivity contribution is -0.129. The molecule has 1 unspecified atom stereocenters. The molecule has 0 bridgehead atoms. The summed E-state index contributed by atoms with van der Waals surface area (Å²) in [6.45, 7) is 11.3. The fourth-order valence-electron chi connectivity index (χ4n) is 4.79. The van der Waals surface area contributed by atoms with Crippen molar-refractivity contribution in [1.82, 2.24) is 25.2 Å². The van der Waals surface area contributed by atoms with Gasteiger partial charge in [0, 0.05) is 51.1 Å². The minimum absolute atomic E-state index is 0.0776. The van der Waals surface area contributed by atoms with Crippen molar-refractivity contribution in [3.8, 4) is 5.75 Å². The average Bonchev–Trinajstić information content (AvgIpc) is 2.95. The van der Waals surface area contributed by atoms with E-state index in [2.05, 4.69) is 42.4 Å². The molecule has 12 heteroatoms. The van der Waals surface area contributed by atoms with Crippen LogP contribution >= 0.6 is 0 Å². The SMILES string of the molecule is C=CCNC(=O)c1cnc(Nc2ccc3c(c2)OCC2CN(C(C)=O)CCN32)nc1Nc1cccc(C(C)(C)O)n1. The smallest absolute Gasteiger partial charge is 0.256 e. The molecule has 2 aliphatic rings. The molecule has 1 atom stereocenters. The van der Waals surface area contributed by atoms with Crippen molar-refractivity contribution in [1.29, 1.82) is 0 Å². The Kier molecular flexibility index (Phi) is 7.75. The van der Waals surface area contributed by atoms with Gasteiger partial charge < -0.3 is 35.6 Å². The summed E-state index contributed by atoms with van der Waals surface area (Å²) in [5.74, 6) is 1.34. The number of benzene rings is 1. The Labute approximate surface area is 238 Å². The van der Waals surface area contributed by atoms with E-state index >= 15 is 0 Å². The van der Waals surface area contributed by atoms with Crippen LogP contribution in [0, 0.1) is 0 Å². The monoisotopic (exact) mass is 558 g/mol. The van der Waals surface area contributed by atoms with Crippen LogP contribution in [0.25, 0.3) is 0 Å². The average molecular weight is 559 g/mol. The van der Waals surface area contributed by atoms with Gasteiger partial charge >= 0.3 is 0 Å². The summed E-state index contributed by atoms with van der Waals surface area (Å²) in [5.41, 5.74) is 1.23. The third kappa shape index (κ3) is 6.22. The van der Waals surface area contributed by atoms with Crippen LogP contribution in [0.5, 0.6) is 5.75 Å². The molecule has 0 aliphatic carbocycles. The first kappa shape index (κ1) is 27.8. The van der Waals surface area contributed by atoms with Crippen LogP contribution in [-0.2, 0) is 10.4 Å². The number of hydrogen-bond acceptors (Lipinski definition) is 10. The fraction of sp³-hybridized carbons (Fsp3) is 0.345. The van der Waals surface area contributed by atoms with E-state index in [1.165, 1.54) is 6.20 Å². The molecular weight excluding hydrogens is 524 g/mol. The molecule has 2 aromatic heterocycles. The second kappa shape index (κ2) is 11.4. The van der Waals surface area contributed by atoms with Gasteiger partial charge in [-0.3, -0.25) is 9.59 Å². The molecule has 12 nitrogen and oxygen atoms in total. The number of amides is 2. The highest BCUT2D eigenvalue weighted by atomic mass is 16.5. The first-order chi connectivity index (χ1) is 19.6. The van der Waals surface area contributed by atoms with E-state index in [4.69, 9.17) is 4.74 Å². The van der Waals surface area contributed by atoms with Gasteiger partial charge in [0.15, 0.2) is 0 Å². The maximum absolute atomic E-state index is 12.8. The topological polar surface area (TPSA) is 145 Å². The molecule has 3 aromatic rings. The number of carbonyl (C=O) groups is 2. The van der Waals surface area contributed by atoms with Gasteiger partial charge in [-0.2, -0.15) is 4.98 Å². The van der Waals surface area contributed by atoms with Gasteiger partial charge in [-0.15, -0.1) is 6.58 Å². The Morgan fingerprint density at radius 1 is 1.20 bits per heavy atom. The van der Waals surface area contributed by atoms with Crippen molar-refractivity contribution in [3.05, 3.63) is 66.5 Å². The molecule has 41 heavy (non-hydrogen) atoms. The largest absolute Gasteiger partial charge is 0.489 e. The van der Waals surface area contributed by atoms with E-state index in [0.29, 0.717) is 36.9 Å². The molecule has 1 aromatic carbocycles. The predicted molar refractivity (Wildman–Crippen MR) is 156 cm³/mol.